The summed E-state index contributed by atoms with van der Waals surface area (Å²) in [5, 5.41) is 5.76. The van der Waals surface area contributed by atoms with E-state index in [0.29, 0.717) is 30.9 Å². The van der Waals surface area contributed by atoms with Gasteiger partial charge in [0.15, 0.2) is 5.69 Å². The molecule has 3 rings (SSSR count). The highest BCUT2D eigenvalue weighted by Gasteiger charge is 2.35. The van der Waals surface area contributed by atoms with E-state index in [1.165, 1.54) is 12.5 Å². The van der Waals surface area contributed by atoms with E-state index in [1.807, 2.05) is 0 Å². The fourth-order valence-corrected chi connectivity index (χ4v) is 2.65. The van der Waals surface area contributed by atoms with Crippen molar-refractivity contribution < 1.29 is 18.0 Å². The zero-order valence-electron chi connectivity index (χ0n) is 11.5. The van der Waals surface area contributed by atoms with E-state index in [-0.39, 0.29) is 11.8 Å². The molecule has 2 aromatic rings. The molecule has 0 radical (unpaired) electrons. The van der Waals surface area contributed by atoms with Crippen molar-refractivity contribution in [3.05, 3.63) is 35.7 Å². The molecule has 9 heteroatoms. The van der Waals surface area contributed by atoms with Gasteiger partial charge in [-0.05, 0) is 18.9 Å². The molecule has 1 aliphatic heterocycles. The molecule has 0 aromatic carbocycles. The molecule has 2 N–H and O–H groups in total. The molecule has 1 atom stereocenters. The molecule has 0 saturated carbocycles. The van der Waals surface area contributed by atoms with Crippen molar-refractivity contribution in [1.82, 2.24) is 25.1 Å². The molecule has 3 heterocycles. The number of aromatic nitrogens is 4. The Hall–Kier alpha value is -2.32. The normalized spacial score (nSPS) is 19.4. The first-order valence-electron chi connectivity index (χ1n) is 6.85. The van der Waals surface area contributed by atoms with Crippen molar-refractivity contribution in [2.75, 3.05) is 13.1 Å². The fraction of sp³-hybridized carbons (Fsp3) is 0.462. The Balaban J connectivity index is 1.73. The van der Waals surface area contributed by atoms with Gasteiger partial charge < -0.3 is 9.88 Å². The van der Waals surface area contributed by atoms with Crippen molar-refractivity contribution in [1.29, 1.82) is 0 Å². The van der Waals surface area contributed by atoms with Gasteiger partial charge in [-0.25, -0.2) is 4.98 Å². The Labute approximate surface area is 123 Å². The summed E-state index contributed by atoms with van der Waals surface area (Å²) in [7, 11) is 0. The van der Waals surface area contributed by atoms with E-state index in [1.54, 1.807) is 4.90 Å². The lowest BCUT2D eigenvalue weighted by Gasteiger charge is -2.31. The molecule has 0 bridgehead atoms. The van der Waals surface area contributed by atoms with Crippen LogP contribution in [0.15, 0.2) is 18.6 Å². The summed E-state index contributed by atoms with van der Waals surface area (Å²) in [6, 6.07) is 1.02. The monoisotopic (exact) mass is 313 g/mol. The second-order valence-electron chi connectivity index (χ2n) is 5.26. The lowest BCUT2D eigenvalue weighted by atomic mass is 9.94. The lowest BCUT2D eigenvalue weighted by molar-refractivity contribution is -0.141. The molecule has 1 unspecified atom stereocenters. The molecular formula is C13H14F3N5O. The van der Waals surface area contributed by atoms with Crippen molar-refractivity contribution in [3.8, 4) is 0 Å². The number of carbonyl (C=O) groups is 1. The minimum absolute atomic E-state index is 0.177. The van der Waals surface area contributed by atoms with E-state index in [2.05, 4.69) is 20.2 Å². The van der Waals surface area contributed by atoms with E-state index >= 15 is 0 Å². The Kier molecular flexibility index (Phi) is 3.63. The van der Waals surface area contributed by atoms with Gasteiger partial charge in [-0.3, -0.25) is 9.89 Å². The number of rotatable bonds is 2. The van der Waals surface area contributed by atoms with E-state index in [0.717, 1.165) is 12.5 Å². The number of halogens is 3. The van der Waals surface area contributed by atoms with Gasteiger partial charge in [-0.1, -0.05) is 0 Å². The first kappa shape index (κ1) is 14.6. The number of aromatic amines is 2. The minimum Gasteiger partial charge on any atom is -0.341 e. The molecule has 118 valence electrons. The predicted molar refractivity (Wildman–Crippen MR) is 70.1 cm³/mol. The zero-order valence-corrected chi connectivity index (χ0v) is 11.5. The van der Waals surface area contributed by atoms with Crippen molar-refractivity contribution >= 4 is 5.91 Å². The summed E-state index contributed by atoms with van der Waals surface area (Å²) >= 11 is 0. The summed E-state index contributed by atoms with van der Waals surface area (Å²) in [5.41, 5.74) is -0.143. The van der Waals surface area contributed by atoms with E-state index < -0.39 is 11.9 Å². The maximum absolute atomic E-state index is 12.6. The lowest BCUT2D eigenvalue weighted by Crippen LogP contribution is -2.39. The number of hydrogen-bond acceptors (Lipinski definition) is 3. The van der Waals surface area contributed by atoms with Crippen molar-refractivity contribution in [3.63, 3.8) is 0 Å². The SMILES string of the molecule is O=C(c1cnc[nH]1)N1CCCC(c2cc(C(F)(F)F)n[nH]2)C1. The maximum atomic E-state index is 12.6. The molecule has 1 saturated heterocycles. The van der Waals surface area contributed by atoms with Crippen LogP contribution in [0.4, 0.5) is 13.2 Å². The molecule has 0 aliphatic carbocycles. The number of imidazole rings is 1. The highest BCUT2D eigenvalue weighted by molar-refractivity contribution is 5.92. The molecule has 0 spiro atoms. The van der Waals surface area contributed by atoms with E-state index in [4.69, 9.17) is 0 Å². The summed E-state index contributed by atoms with van der Waals surface area (Å²) in [6.45, 7) is 0.936. The van der Waals surface area contributed by atoms with Crippen LogP contribution in [0.25, 0.3) is 0 Å². The van der Waals surface area contributed by atoms with Gasteiger partial charge in [0, 0.05) is 24.7 Å². The summed E-state index contributed by atoms with van der Waals surface area (Å²) in [5.74, 6) is -0.373. The fourth-order valence-electron chi connectivity index (χ4n) is 2.65. The molecular weight excluding hydrogens is 299 g/mol. The third-order valence-electron chi connectivity index (χ3n) is 3.77. The van der Waals surface area contributed by atoms with Gasteiger partial charge in [-0.2, -0.15) is 18.3 Å². The largest absolute Gasteiger partial charge is 0.435 e. The van der Waals surface area contributed by atoms with Gasteiger partial charge in [0.2, 0.25) is 0 Å². The standard InChI is InChI=1S/C13H14F3N5O/c14-13(15,16)11-4-9(19-20-11)8-2-1-3-21(6-8)12(22)10-5-17-7-18-10/h4-5,7-8H,1-3,6H2,(H,17,18)(H,19,20). The molecule has 2 aromatic heterocycles. The van der Waals surface area contributed by atoms with Crippen LogP contribution in [-0.4, -0.2) is 44.1 Å². The number of nitrogens with zero attached hydrogens (tertiary/aromatic N) is 3. The maximum Gasteiger partial charge on any atom is 0.435 e. The number of alkyl halides is 3. The minimum atomic E-state index is -4.46. The third kappa shape index (κ3) is 2.83. The van der Waals surface area contributed by atoms with Gasteiger partial charge in [0.25, 0.3) is 5.91 Å². The van der Waals surface area contributed by atoms with Crippen LogP contribution in [-0.2, 0) is 6.18 Å². The van der Waals surface area contributed by atoms with Crippen molar-refractivity contribution in [2.45, 2.75) is 24.9 Å². The Morgan fingerprint density at radius 2 is 2.23 bits per heavy atom. The number of hydrogen-bond donors (Lipinski definition) is 2. The highest BCUT2D eigenvalue weighted by atomic mass is 19.4. The van der Waals surface area contributed by atoms with Crippen LogP contribution in [0.5, 0.6) is 0 Å². The van der Waals surface area contributed by atoms with Crippen molar-refractivity contribution in [2.24, 2.45) is 0 Å². The smallest absolute Gasteiger partial charge is 0.341 e. The zero-order chi connectivity index (χ0) is 15.7. The van der Waals surface area contributed by atoms with Crippen LogP contribution >= 0.6 is 0 Å². The summed E-state index contributed by atoms with van der Waals surface area (Å²) in [4.78, 5) is 20.4. The molecule has 1 amide bonds. The van der Waals surface area contributed by atoms with Gasteiger partial charge in [0.05, 0.1) is 12.5 Å². The Morgan fingerprint density at radius 3 is 2.86 bits per heavy atom. The van der Waals surface area contributed by atoms with Crippen LogP contribution in [0.1, 0.15) is 40.6 Å². The van der Waals surface area contributed by atoms with Crippen LogP contribution in [0.3, 0.4) is 0 Å². The Bertz CT molecular complexity index is 649. The average Bonchev–Trinajstić information content (AvgIpc) is 3.17. The van der Waals surface area contributed by atoms with Crippen LogP contribution < -0.4 is 0 Å². The quantitative estimate of drug-likeness (QED) is 0.892. The van der Waals surface area contributed by atoms with Gasteiger partial charge >= 0.3 is 6.18 Å². The second-order valence-corrected chi connectivity index (χ2v) is 5.26. The topological polar surface area (TPSA) is 77.7 Å². The molecule has 6 nitrogen and oxygen atoms in total. The van der Waals surface area contributed by atoms with Gasteiger partial charge in [-0.15, -0.1) is 0 Å². The summed E-state index contributed by atoms with van der Waals surface area (Å²) < 4.78 is 37.8. The molecule has 1 aliphatic rings. The highest BCUT2D eigenvalue weighted by Crippen LogP contribution is 2.32. The number of amides is 1. The third-order valence-corrected chi connectivity index (χ3v) is 3.77. The molecule has 1 fully saturated rings. The van der Waals surface area contributed by atoms with Crippen LogP contribution in [0.2, 0.25) is 0 Å². The molecule has 22 heavy (non-hydrogen) atoms. The number of carbonyl (C=O) groups excluding carboxylic acids is 1. The predicted octanol–water partition coefficient (Wildman–Crippen LogP) is 2.17. The number of nitrogens with one attached hydrogen (secondary N) is 2. The Morgan fingerprint density at radius 1 is 1.41 bits per heavy atom. The van der Waals surface area contributed by atoms with Crippen LogP contribution in [0, 0.1) is 0 Å². The number of likely N-dealkylation sites (tertiary alicyclic amines) is 1. The number of piperidine rings is 1. The van der Waals surface area contributed by atoms with E-state index in [9.17, 15) is 18.0 Å². The van der Waals surface area contributed by atoms with Gasteiger partial charge in [0.1, 0.15) is 5.69 Å². The first-order chi connectivity index (χ1) is 10.4. The first-order valence-corrected chi connectivity index (χ1v) is 6.85. The number of H-pyrrole nitrogens is 2. The summed E-state index contributed by atoms with van der Waals surface area (Å²) in [6.07, 6.45) is -0.172. The average molecular weight is 313 g/mol. The second kappa shape index (κ2) is 5.47.